The molecule has 0 spiro atoms. The smallest absolute Gasteiger partial charge is 0.251 e. The number of carbonyl (C=O) groups is 1. The van der Waals surface area contributed by atoms with Crippen LogP contribution in [0.25, 0.3) is 0 Å². The summed E-state index contributed by atoms with van der Waals surface area (Å²) in [6, 6.07) is 4.16. The van der Waals surface area contributed by atoms with E-state index in [2.05, 4.69) is 12.2 Å². The van der Waals surface area contributed by atoms with Crippen LogP contribution in [-0.2, 0) is 0 Å². The average molecular weight is 266 g/mol. The van der Waals surface area contributed by atoms with Crippen molar-refractivity contribution in [3.8, 4) is 0 Å². The minimum Gasteiger partial charge on any atom is -0.396 e. The minimum atomic E-state index is -0.496. The Morgan fingerprint density at radius 1 is 1.37 bits per heavy atom. The molecule has 19 heavy (non-hydrogen) atoms. The largest absolute Gasteiger partial charge is 0.396 e. The zero-order chi connectivity index (χ0) is 14.3. The Labute approximate surface area is 114 Å². The Hall–Kier alpha value is -1.58. The van der Waals surface area contributed by atoms with Crippen molar-refractivity contribution in [3.05, 3.63) is 29.6 Å². The molecule has 1 aromatic carbocycles. The number of hydrogen-bond acceptors (Lipinski definition) is 2. The molecule has 106 valence electrons. The SMILES string of the molecule is CCCCCCC(C)NC(=O)c1ccc(F)c(N)c1. The molecule has 0 heterocycles. The van der Waals surface area contributed by atoms with Crippen molar-refractivity contribution in [2.24, 2.45) is 0 Å². The Morgan fingerprint density at radius 2 is 2.11 bits per heavy atom. The van der Waals surface area contributed by atoms with Gasteiger partial charge in [-0.05, 0) is 31.5 Å². The molecule has 1 atom stereocenters. The number of nitrogen functional groups attached to an aromatic ring is 1. The first-order valence-electron chi connectivity index (χ1n) is 6.90. The second-order valence-electron chi connectivity index (χ2n) is 4.96. The molecule has 3 N–H and O–H groups in total. The summed E-state index contributed by atoms with van der Waals surface area (Å²) >= 11 is 0. The van der Waals surface area contributed by atoms with E-state index in [1.54, 1.807) is 0 Å². The van der Waals surface area contributed by atoms with E-state index < -0.39 is 5.82 Å². The normalized spacial score (nSPS) is 12.2. The molecule has 0 saturated heterocycles. The van der Waals surface area contributed by atoms with Gasteiger partial charge in [-0.2, -0.15) is 0 Å². The van der Waals surface area contributed by atoms with Crippen LogP contribution in [0.5, 0.6) is 0 Å². The number of nitrogens with two attached hydrogens (primary N) is 1. The standard InChI is InChI=1S/C15H23FN2O/c1-3-4-5-6-7-11(2)18-15(19)12-8-9-13(16)14(17)10-12/h8-11H,3-7,17H2,1-2H3,(H,18,19). The van der Waals surface area contributed by atoms with Crippen LogP contribution in [0.2, 0.25) is 0 Å². The minimum absolute atomic E-state index is 0.00301. The van der Waals surface area contributed by atoms with Crippen molar-refractivity contribution in [3.63, 3.8) is 0 Å². The number of halogens is 1. The second kappa shape index (κ2) is 7.77. The Morgan fingerprint density at radius 3 is 2.74 bits per heavy atom. The summed E-state index contributed by atoms with van der Waals surface area (Å²) in [5, 5.41) is 2.90. The van der Waals surface area contributed by atoms with Crippen molar-refractivity contribution >= 4 is 11.6 Å². The zero-order valence-corrected chi connectivity index (χ0v) is 11.7. The summed E-state index contributed by atoms with van der Waals surface area (Å²) < 4.78 is 13.0. The third kappa shape index (κ3) is 5.28. The summed E-state index contributed by atoms with van der Waals surface area (Å²) in [6.07, 6.45) is 5.70. The number of hydrogen-bond donors (Lipinski definition) is 2. The quantitative estimate of drug-likeness (QED) is 0.586. The lowest BCUT2D eigenvalue weighted by molar-refractivity contribution is 0.0938. The van der Waals surface area contributed by atoms with Gasteiger partial charge >= 0.3 is 0 Å². The zero-order valence-electron chi connectivity index (χ0n) is 11.7. The highest BCUT2D eigenvalue weighted by molar-refractivity contribution is 5.95. The summed E-state index contributed by atoms with van der Waals surface area (Å²) in [4.78, 5) is 11.9. The van der Waals surface area contributed by atoms with Crippen LogP contribution < -0.4 is 11.1 Å². The number of anilines is 1. The molecule has 3 nitrogen and oxygen atoms in total. The fourth-order valence-corrected chi connectivity index (χ4v) is 1.94. The molecule has 0 fully saturated rings. The van der Waals surface area contributed by atoms with Crippen molar-refractivity contribution in [2.45, 2.75) is 52.0 Å². The van der Waals surface area contributed by atoms with E-state index in [1.165, 1.54) is 37.5 Å². The van der Waals surface area contributed by atoms with Gasteiger partial charge in [0.25, 0.3) is 5.91 Å². The summed E-state index contributed by atoms with van der Waals surface area (Å²) in [6.45, 7) is 4.15. The molecule has 0 aliphatic heterocycles. The maximum Gasteiger partial charge on any atom is 0.251 e. The highest BCUT2D eigenvalue weighted by atomic mass is 19.1. The molecule has 0 bridgehead atoms. The molecule has 4 heteroatoms. The van der Waals surface area contributed by atoms with E-state index in [0.717, 1.165) is 12.8 Å². The fourth-order valence-electron chi connectivity index (χ4n) is 1.94. The van der Waals surface area contributed by atoms with Gasteiger partial charge in [0.15, 0.2) is 0 Å². The topological polar surface area (TPSA) is 55.1 Å². The maximum absolute atomic E-state index is 13.0. The second-order valence-corrected chi connectivity index (χ2v) is 4.96. The molecule has 0 saturated carbocycles. The van der Waals surface area contributed by atoms with E-state index >= 15 is 0 Å². The molecule has 0 aliphatic rings. The molecular formula is C15H23FN2O. The van der Waals surface area contributed by atoms with Crippen LogP contribution in [0.3, 0.4) is 0 Å². The monoisotopic (exact) mass is 266 g/mol. The lowest BCUT2D eigenvalue weighted by Crippen LogP contribution is -2.32. The van der Waals surface area contributed by atoms with E-state index in [0.29, 0.717) is 5.56 Å². The number of carbonyl (C=O) groups excluding carboxylic acids is 1. The molecule has 0 radical (unpaired) electrons. The molecule has 1 unspecified atom stereocenters. The highest BCUT2D eigenvalue weighted by Crippen LogP contribution is 2.13. The Balaban J connectivity index is 2.43. The van der Waals surface area contributed by atoms with E-state index in [4.69, 9.17) is 5.73 Å². The summed E-state index contributed by atoms with van der Waals surface area (Å²) in [5.41, 5.74) is 5.85. The van der Waals surface area contributed by atoms with Gasteiger partial charge in [-0.25, -0.2) is 4.39 Å². The van der Waals surface area contributed by atoms with Crippen LogP contribution >= 0.6 is 0 Å². The number of rotatable bonds is 7. The van der Waals surface area contributed by atoms with Crippen LogP contribution in [0.15, 0.2) is 18.2 Å². The maximum atomic E-state index is 13.0. The number of unbranched alkanes of at least 4 members (excludes halogenated alkanes) is 3. The van der Waals surface area contributed by atoms with Crippen molar-refractivity contribution in [1.82, 2.24) is 5.32 Å². The molecular weight excluding hydrogens is 243 g/mol. The predicted octanol–water partition coefficient (Wildman–Crippen LogP) is 3.50. The molecule has 1 rings (SSSR count). The first kappa shape index (κ1) is 15.5. The Kier molecular flexibility index (Phi) is 6.33. The third-order valence-corrected chi connectivity index (χ3v) is 3.13. The van der Waals surface area contributed by atoms with Crippen molar-refractivity contribution in [1.29, 1.82) is 0 Å². The van der Waals surface area contributed by atoms with E-state index in [1.807, 2.05) is 6.92 Å². The predicted molar refractivity (Wildman–Crippen MR) is 76.5 cm³/mol. The summed E-state index contributed by atoms with van der Waals surface area (Å²) in [5.74, 6) is -0.696. The van der Waals surface area contributed by atoms with Gasteiger partial charge < -0.3 is 11.1 Å². The third-order valence-electron chi connectivity index (χ3n) is 3.13. The first-order valence-corrected chi connectivity index (χ1v) is 6.90. The van der Waals surface area contributed by atoms with Crippen LogP contribution in [0.1, 0.15) is 56.3 Å². The first-order chi connectivity index (χ1) is 9.04. The van der Waals surface area contributed by atoms with Gasteiger partial charge in [0, 0.05) is 11.6 Å². The molecule has 0 aromatic heterocycles. The van der Waals surface area contributed by atoms with Gasteiger partial charge in [-0.1, -0.05) is 32.6 Å². The van der Waals surface area contributed by atoms with E-state index in [-0.39, 0.29) is 17.6 Å². The van der Waals surface area contributed by atoms with Gasteiger partial charge in [-0.3, -0.25) is 4.79 Å². The van der Waals surface area contributed by atoms with Gasteiger partial charge in [0.05, 0.1) is 5.69 Å². The van der Waals surface area contributed by atoms with Crippen LogP contribution in [0.4, 0.5) is 10.1 Å². The number of amides is 1. The summed E-state index contributed by atoms with van der Waals surface area (Å²) in [7, 11) is 0. The van der Waals surface area contributed by atoms with Gasteiger partial charge in [-0.15, -0.1) is 0 Å². The molecule has 0 aliphatic carbocycles. The fraction of sp³-hybridized carbons (Fsp3) is 0.533. The Bertz CT molecular complexity index is 421. The molecule has 1 amide bonds. The lowest BCUT2D eigenvalue weighted by Gasteiger charge is -2.14. The van der Waals surface area contributed by atoms with Crippen molar-refractivity contribution < 1.29 is 9.18 Å². The van der Waals surface area contributed by atoms with Crippen LogP contribution in [-0.4, -0.2) is 11.9 Å². The number of benzene rings is 1. The average Bonchev–Trinajstić information content (AvgIpc) is 2.38. The lowest BCUT2D eigenvalue weighted by atomic mass is 10.1. The highest BCUT2D eigenvalue weighted by Gasteiger charge is 2.11. The van der Waals surface area contributed by atoms with Gasteiger partial charge in [0.2, 0.25) is 0 Å². The van der Waals surface area contributed by atoms with E-state index in [9.17, 15) is 9.18 Å². The number of nitrogens with one attached hydrogen (secondary N) is 1. The van der Waals surface area contributed by atoms with Crippen molar-refractivity contribution in [2.75, 3.05) is 5.73 Å². The van der Waals surface area contributed by atoms with Crippen LogP contribution in [0, 0.1) is 5.82 Å². The molecule has 1 aromatic rings. The van der Waals surface area contributed by atoms with Gasteiger partial charge in [0.1, 0.15) is 5.82 Å².